The third kappa shape index (κ3) is 3.18. The maximum absolute atomic E-state index is 12.1. The molecule has 24 heavy (non-hydrogen) atoms. The fourth-order valence-electron chi connectivity index (χ4n) is 2.99. The summed E-state index contributed by atoms with van der Waals surface area (Å²) in [6.45, 7) is 4.41. The number of hydrogen-bond acceptors (Lipinski definition) is 6. The second-order valence-electron chi connectivity index (χ2n) is 5.95. The van der Waals surface area contributed by atoms with Gasteiger partial charge in [-0.15, -0.1) is 5.10 Å². The summed E-state index contributed by atoms with van der Waals surface area (Å²) >= 11 is 0. The van der Waals surface area contributed by atoms with Crippen molar-refractivity contribution in [2.24, 2.45) is 0 Å². The molecule has 0 aliphatic carbocycles. The van der Waals surface area contributed by atoms with Crippen LogP contribution >= 0.6 is 0 Å². The molecule has 0 saturated carbocycles. The Balaban J connectivity index is 1.75. The number of rotatable bonds is 5. The Morgan fingerprint density at radius 1 is 1.33 bits per heavy atom. The quantitative estimate of drug-likeness (QED) is 0.811. The van der Waals surface area contributed by atoms with E-state index in [0.717, 1.165) is 0 Å². The Morgan fingerprint density at radius 3 is 2.62 bits per heavy atom. The number of aryl methyl sites for hydroxylation is 1. The van der Waals surface area contributed by atoms with Crippen LogP contribution in [0.15, 0.2) is 26.0 Å². The molecule has 0 atom stereocenters. The highest BCUT2D eigenvalue weighted by Crippen LogP contribution is 2.26. The van der Waals surface area contributed by atoms with Gasteiger partial charge in [0.05, 0.1) is 23.6 Å². The van der Waals surface area contributed by atoms with E-state index >= 15 is 0 Å². The van der Waals surface area contributed by atoms with Gasteiger partial charge in [-0.25, -0.2) is 17.5 Å². The molecule has 2 aromatic rings. The lowest BCUT2D eigenvalue weighted by Gasteiger charge is -2.30. The zero-order chi connectivity index (χ0) is 17.3. The van der Waals surface area contributed by atoms with Gasteiger partial charge in [-0.05, 0) is 32.3 Å². The normalized spacial score (nSPS) is 17.4. The molecule has 8 nitrogen and oxygen atoms in total. The molecule has 1 fully saturated rings. The van der Waals surface area contributed by atoms with Crippen LogP contribution in [0, 0.1) is 6.92 Å². The highest BCUT2D eigenvalue weighted by Gasteiger charge is 2.30. The van der Waals surface area contributed by atoms with E-state index in [9.17, 15) is 13.2 Å². The fraction of sp³-hybridized carbons (Fsp3) is 0.600. The first kappa shape index (κ1) is 17.0. The van der Waals surface area contributed by atoms with Crippen LogP contribution in [-0.2, 0) is 10.0 Å². The van der Waals surface area contributed by atoms with Crippen LogP contribution in [-0.4, -0.2) is 41.3 Å². The van der Waals surface area contributed by atoms with Crippen LogP contribution in [0.3, 0.4) is 0 Å². The topological polar surface area (TPSA) is 98.6 Å². The molecular formula is C15H21N3O5S. The van der Waals surface area contributed by atoms with Crippen LogP contribution in [0.4, 0.5) is 0 Å². The summed E-state index contributed by atoms with van der Waals surface area (Å²) in [4.78, 5) is 12.1. The Morgan fingerprint density at radius 2 is 2.04 bits per heavy atom. The van der Waals surface area contributed by atoms with Crippen molar-refractivity contribution in [1.82, 2.24) is 14.1 Å². The van der Waals surface area contributed by atoms with Gasteiger partial charge in [0.25, 0.3) is 5.89 Å². The summed E-state index contributed by atoms with van der Waals surface area (Å²) in [5, 5.41) is 4.27. The van der Waals surface area contributed by atoms with Gasteiger partial charge in [0, 0.05) is 13.1 Å². The van der Waals surface area contributed by atoms with E-state index < -0.39 is 15.8 Å². The molecule has 0 aromatic carbocycles. The second-order valence-corrected chi connectivity index (χ2v) is 8.04. The summed E-state index contributed by atoms with van der Waals surface area (Å²) < 4.78 is 37.5. The highest BCUT2D eigenvalue weighted by atomic mass is 32.2. The lowest BCUT2D eigenvalue weighted by Crippen LogP contribution is -2.41. The van der Waals surface area contributed by atoms with Gasteiger partial charge in [-0.2, -0.15) is 4.68 Å². The molecule has 2 aromatic heterocycles. The van der Waals surface area contributed by atoms with Crippen molar-refractivity contribution in [3.63, 3.8) is 0 Å². The summed E-state index contributed by atoms with van der Waals surface area (Å²) in [5.74, 6) is 0.488. The smallest absolute Gasteiger partial charge is 0.437 e. The molecule has 0 spiro atoms. The molecule has 1 aliphatic heterocycles. The molecule has 1 aliphatic rings. The van der Waals surface area contributed by atoms with Crippen molar-refractivity contribution < 1.29 is 17.3 Å². The van der Waals surface area contributed by atoms with Gasteiger partial charge in [0.15, 0.2) is 0 Å². The van der Waals surface area contributed by atoms with Gasteiger partial charge in [-0.1, -0.05) is 6.92 Å². The minimum atomic E-state index is -3.20. The molecular weight excluding hydrogens is 334 g/mol. The zero-order valence-electron chi connectivity index (χ0n) is 13.8. The van der Waals surface area contributed by atoms with Gasteiger partial charge >= 0.3 is 5.76 Å². The summed E-state index contributed by atoms with van der Waals surface area (Å²) in [5.41, 5.74) is 0.647. The van der Waals surface area contributed by atoms with Crippen LogP contribution in [0.1, 0.15) is 38.0 Å². The second kappa shape index (κ2) is 6.56. The average molecular weight is 355 g/mol. The number of furan rings is 1. The lowest BCUT2D eigenvalue weighted by atomic mass is 10.1. The van der Waals surface area contributed by atoms with E-state index in [1.54, 1.807) is 13.0 Å². The van der Waals surface area contributed by atoms with Crippen molar-refractivity contribution in [2.45, 2.75) is 39.2 Å². The predicted molar refractivity (Wildman–Crippen MR) is 87.1 cm³/mol. The van der Waals surface area contributed by atoms with E-state index in [1.165, 1.54) is 15.3 Å². The number of hydrogen-bond donors (Lipinski definition) is 0. The lowest BCUT2D eigenvalue weighted by molar-refractivity contribution is 0.252. The number of nitrogens with zero attached hydrogens (tertiary/aromatic N) is 3. The van der Waals surface area contributed by atoms with Crippen LogP contribution in [0.5, 0.6) is 0 Å². The molecule has 1 saturated heterocycles. The minimum Gasteiger partial charge on any atom is -0.469 e. The number of piperidine rings is 1. The molecule has 0 N–H and O–H groups in total. The van der Waals surface area contributed by atoms with Crippen molar-refractivity contribution >= 4 is 10.0 Å². The first-order valence-corrected chi connectivity index (χ1v) is 9.65. The van der Waals surface area contributed by atoms with Crippen molar-refractivity contribution in [3.8, 4) is 11.5 Å². The Kier molecular flexibility index (Phi) is 4.64. The highest BCUT2D eigenvalue weighted by molar-refractivity contribution is 7.89. The molecule has 0 unspecified atom stereocenters. The molecule has 0 bridgehead atoms. The summed E-state index contributed by atoms with van der Waals surface area (Å²) in [6, 6.07) is 1.54. The monoisotopic (exact) mass is 355 g/mol. The van der Waals surface area contributed by atoms with Gasteiger partial charge in [0.2, 0.25) is 10.0 Å². The van der Waals surface area contributed by atoms with Crippen molar-refractivity contribution in [2.75, 3.05) is 18.8 Å². The molecule has 9 heteroatoms. The fourth-order valence-corrected chi connectivity index (χ4v) is 4.53. The van der Waals surface area contributed by atoms with Crippen molar-refractivity contribution in [1.29, 1.82) is 0 Å². The summed E-state index contributed by atoms with van der Waals surface area (Å²) in [6.07, 6.45) is 3.19. The first-order chi connectivity index (χ1) is 11.4. The van der Waals surface area contributed by atoms with Crippen molar-refractivity contribution in [3.05, 3.63) is 28.6 Å². The largest absolute Gasteiger partial charge is 0.469 e. The van der Waals surface area contributed by atoms with Crippen LogP contribution < -0.4 is 5.76 Å². The molecule has 132 valence electrons. The third-order valence-corrected chi connectivity index (χ3v) is 6.36. The van der Waals surface area contributed by atoms with Gasteiger partial charge < -0.3 is 8.83 Å². The molecule has 0 amide bonds. The number of aromatic nitrogens is 2. The van der Waals surface area contributed by atoms with Gasteiger partial charge in [0.1, 0.15) is 5.76 Å². The van der Waals surface area contributed by atoms with E-state index in [1.807, 2.05) is 6.92 Å². The Hall–Kier alpha value is -1.87. The predicted octanol–water partition coefficient (Wildman–Crippen LogP) is 1.78. The summed E-state index contributed by atoms with van der Waals surface area (Å²) in [7, 11) is -3.20. The maximum Gasteiger partial charge on any atom is 0.437 e. The minimum absolute atomic E-state index is 0.157. The SMILES string of the molecule is CCCS(=O)(=O)N1CCC(n2nc(-c3ccoc3C)oc2=O)CC1. The Labute approximate surface area is 140 Å². The molecule has 0 radical (unpaired) electrons. The standard InChI is InChI=1S/C15H21N3O5S/c1-3-10-24(20,21)17-7-4-12(5-8-17)18-15(19)23-14(16-18)13-6-9-22-11(13)2/h6,9,12H,3-5,7-8,10H2,1-2H3. The molecule has 3 rings (SSSR count). The van der Waals surface area contributed by atoms with E-state index in [-0.39, 0.29) is 17.7 Å². The third-order valence-electron chi connectivity index (χ3n) is 4.28. The maximum atomic E-state index is 12.1. The zero-order valence-corrected chi connectivity index (χ0v) is 14.6. The van der Waals surface area contributed by atoms with E-state index in [4.69, 9.17) is 8.83 Å². The first-order valence-electron chi connectivity index (χ1n) is 8.04. The molecule has 3 heterocycles. The van der Waals surface area contributed by atoms with E-state index in [0.29, 0.717) is 43.7 Å². The van der Waals surface area contributed by atoms with Crippen LogP contribution in [0.2, 0.25) is 0 Å². The van der Waals surface area contributed by atoms with E-state index in [2.05, 4.69) is 5.10 Å². The Bertz CT molecular complexity index is 856. The van der Waals surface area contributed by atoms with Crippen LogP contribution in [0.25, 0.3) is 11.5 Å². The number of sulfonamides is 1. The van der Waals surface area contributed by atoms with Gasteiger partial charge in [-0.3, -0.25) is 0 Å². The average Bonchev–Trinajstić information content (AvgIpc) is 3.13.